The number of sulfone groups is 1. The van der Waals surface area contributed by atoms with E-state index in [-0.39, 0.29) is 11.5 Å². The number of carbonyl (C=O) groups excluding carboxylic acids is 1. The van der Waals surface area contributed by atoms with E-state index >= 15 is 0 Å². The molecule has 0 saturated heterocycles. The molecule has 0 N–H and O–H groups in total. The minimum atomic E-state index is -3.07. The van der Waals surface area contributed by atoms with E-state index in [4.69, 9.17) is 0 Å². The van der Waals surface area contributed by atoms with Gasteiger partial charge in [-0.1, -0.05) is 26.3 Å². The lowest BCUT2D eigenvalue weighted by atomic mass is 10.3. The summed E-state index contributed by atoms with van der Waals surface area (Å²) < 4.78 is 23.5. The molecule has 0 aromatic heterocycles. The summed E-state index contributed by atoms with van der Waals surface area (Å²) in [6, 6.07) is 0. The maximum absolute atomic E-state index is 11.8. The molecular formula is C11H20O3S. The molecule has 0 aromatic carbocycles. The number of unbranched alkanes of at least 4 members (excludes halogenated alkanes) is 1. The van der Waals surface area contributed by atoms with Crippen LogP contribution in [0, 0.1) is 0 Å². The Morgan fingerprint density at radius 1 is 1.33 bits per heavy atom. The van der Waals surface area contributed by atoms with Crippen molar-refractivity contribution in [3.63, 3.8) is 0 Å². The fraction of sp³-hybridized carbons (Fsp3) is 0.727. The van der Waals surface area contributed by atoms with E-state index in [2.05, 4.69) is 0 Å². The summed E-state index contributed by atoms with van der Waals surface area (Å²) in [5.74, 6) is 0.101. The predicted molar refractivity (Wildman–Crippen MR) is 62.6 cm³/mol. The van der Waals surface area contributed by atoms with Crippen LogP contribution in [0.1, 0.15) is 40.0 Å². The van der Waals surface area contributed by atoms with Crippen LogP contribution in [0.5, 0.6) is 0 Å². The third kappa shape index (κ3) is 5.72. The molecule has 0 rings (SSSR count). The molecule has 15 heavy (non-hydrogen) atoms. The Bertz CT molecular complexity index is 315. The van der Waals surface area contributed by atoms with Crippen molar-refractivity contribution < 1.29 is 13.2 Å². The van der Waals surface area contributed by atoms with Crippen LogP contribution in [0.3, 0.4) is 0 Å². The van der Waals surface area contributed by atoms with Crippen molar-refractivity contribution in [2.24, 2.45) is 0 Å². The SMILES string of the molecule is CCCCS(=O)(=O)C(C=CC(C)=O)CC. The van der Waals surface area contributed by atoms with Gasteiger partial charge in [-0.25, -0.2) is 8.42 Å². The molecule has 0 aliphatic carbocycles. The van der Waals surface area contributed by atoms with Gasteiger partial charge in [-0.2, -0.15) is 0 Å². The number of hydrogen-bond acceptors (Lipinski definition) is 3. The average Bonchev–Trinajstić information content (AvgIpc) is 2.15. The summed E-state index contributed by atoms with van der Waals surface area (Å²) in [6.45, 7) is 5.20. The van der Waals surface area contributed by atoms with Crippen LogP contribution in [0.15, 0.2) is 12.2 Å². The zero-order valence-electron chi connectivity index (χ0n) is 9.69. The minimum Gasteiger partial charge on any atom is -0.295 e. The molecule has 0 aliphatic heterocycles. The van der Waals surface area contributed by atoms with E-state index in [0.29, 0.717) is 12.8 Å². The maximum Gasteiger partial charge on any atom is 0.156 e. The topological polar surface area (TPSA) is 51.2 Å². The Balaban J connectivity index is 4.58. The normalized spacial score (nSPS) is 14.3. The van der Waals surface area contributed by atoms with Crippen molar-refractivity contribution in [2.75, 3.05) is 5.75 Å². The third-order valence-electron chi connectivity index (χ3n) is 2.19. The molecular weight excluding hydrogens is 212 g/mol. The fourth-order valence-electron chi connectivity index (χ4n) is 1.25. The van der Waals surface area contributed by atoms with Crippen molar-refractivity contribution in [3.05, 3.63) is 12.2 Å². The zero-order valence-corrected chi connectivity index (χ0v) is 10.5. The standard InChI is InChI=1S/C11H20O3S/c1-4-6-9-15(13,14)11(5-2)8-7-10(3)12/h7-8,11H,4-6,9H2,1-3H3. The Labute approximate surface area is 92.5 Å². The highest BCUT2D eigenvalue weighted by molar-refractivity contribution is 7.92. The summed E-state index contributed by atoms with van der Waals surface area (Å²) in [5.41, 5.74) is 0. The van der Waals surface area contributed by atoms with Crippen LogP contribution in [0.2, 0.25) is 0 Å². The maximum atomic E-state index is 11.8. The van der Waals surface area contributed by atoms with Gasteiger partial charge in [0.1, 0.15) is 0 Å². The number of carbonyl (C=O) groups is 1. The van der Waals surface area contributed by atoms with Crippen LogP contribution in [-0.4, -0.2) is 25.2 Å². The second kappa shape index (κ2) is 6.77. The Kier molecular flexibility index (Phi) is 6.48. The van der Waals surface area contributed by atoms with Gasteiger partial charge in [0.15, 0.2) is 15.6 Å². The summed E-state index contributed by atoms with van der Waals surface area (Å²) in [4.78, 5) is 10.7. The Morgan fingerprint density at radius 3 is 2.33 bits per heavy atom. The first-order chi connectivity index (χ1) is 6.94. The van der Waals surface area contributed by atoms with Gasteiger partial charge < -0.3 is 0 Å². The molecule has 0 fully saturated rings. The molecule has 0 saturated carbocycles. The highest BCUT2D eigenvalue weighted by atomic mass is 32.2. The average molecular weight is 232 g/mol. The molecule has 0 spiro atoms. The number of hydrogen-bond donors (Lipinski definition) is 0. The van der Waals surface area contributed by atoms with Gasteiger partial charge in [-0.15, -0.1) is 0 Å². The molecule has 0 heterocycles. The lowest BCUT2D eigenvalue weighted by molar-refractivity contribution is -0.112. The highest BCUT2D eigenvalue weighted by Gasteiger charge is 2.20. The highest BCUT2D eigenvalue weighted by Crippen LogP contribution is 2.11. The van der Waals surface area contributed by atoms with E-state index < -0.39 is 15.1 Å². The molecule has 1 unspecified atom stereocenters. The van der Waals surface area contributed by atoms with Crippen molar-refractivity contribution in [1.82, 2.24) is 0 Å². The molecule has 88 valence electrons. The third-order valence-corrected chi connectivity index (χ3v) is 4.46. The van der Waals surface area contributed by atoms with Crippen molar-refractivity contribution in [2.45, 2.75) is 45.3 Å². The second-order valence-electron chi connectivity index (χ2n) is 3.64. The van der Waals surface area contributed by atoms with Crippen LogP contribution >= 0.6 is 0 Å². The second-order valence-corrected chi connectivity index (χ2v) is 5.98. The summed E-state index contributed by atoms with van der Waals surface area (Å²) >= 11 is 0. The van der Waals surface area contributed by atoms with Crippen molar-refractivity contribution in [1.29, 1.82) is 0 Å². The lowest BCUT2D eigenvalue weighted by Gasteiger charge is -2.10. The quantitative estimate of drug-likeness (QED) is 0.632. The number of ketones is 1. The Hall–Kier alpha value is -0.640. The van der Waals surface area contributed by atoms with Crippen LogP contribution in [0.4, 0.5) is 0 Å². The molecule has 0 aliphatic rings. The van der Waals surface area contributed by atoms with Crippen LogP contribution in [-0.2, 0) is 14.6 Å². The van der Waals surface area contributed by atoms with Gasteiger partial charge in [0.2, 0.25) is 0 Å². The molecule has 0 bridgehead atoms. The van der Waals surface area contributed by atoms with Crippen molar-refractivity contribution >= 4 is 15.6 Å². The largest absolute Gasteiger partial charge is 0.295 e. The molecule has 0 aromatic rings. The molecule has 0 radical (unpaired) electrons. The molecule has 1 atom stereocenters. The van der Waals surface area contributed by atoms with Gasteiger partial charge in [0.25, 0.3) is 0 Å². The number of allylic oxidation sites excluding steroid dienone is 1. The van der Waals surface area contributed by atoms with Gasteiger partial charge in [-0.05, 0) is 25.8 Å². The zero-order chi connectivity index (χ0) is 11.9. The minimum absolute atomic E-state index is 0.112. The monoisotopic (exact) mass is 232 g/mol. The molecule has 3 nitrogen and oxygen atoms in total. The van der Waals surface area contributed by atoms with E-state index in [1.807, 2.05) is 13.8 Å². The van der Waals surface area contributed by atoms with Gasteiger partial charge in [0.05, 0.1) is 11.0 Å². The Morgan fingerprint density at radius 2 is 1.93 bits per heavy atom. The van der Waals surface area contributed by atoms with Crippen LogP contribution < -0.4 is 0 Å². The van der Waals surface area contributed by atoms with E-state index in [1.54, 1.807) is 0 Å². The lowest BCUT2D eigenvalue weighted by Crippen LogP contribution is -2.21. The van der Waals surface area contributed by atoms with E-state index in [0.717, 1.165) is 6.42 Å². The molecule has 4 heteroatoms. The van der Waals surface area contributed by atoms with Crippen LogP contribution in [0.25, 0.3) is 0 Å². The predicted octanol–water partition coefficient (Wildman–Crippen LogP) is 2.13. The summed E-state index contributed by atoms with van der Waals surface area (Å²) in [5, 5.41) is -0.507. The number of rotatable bonds is 7. The summed E-state index contributed by atoms with van der Waals surface area (Å²) in [6.07, 6.45) is 4.93. The van der Waals surface area contributed by atoms with Gasteiger partial charge in [0, 0.05) is 0 Å². The van der Waals surface area contributed by atoms with Gasteiger partial charge in [-0.3, -0.25) is 4.79 Å². The van der Waals surface area contributed by atoms with E-state index in [1.165, 1.54) is 19.1 Å². The van der Waals surface area contributed by atoms with E-state index in [9.17, 15) is 13.2 Å². The first-order valence-electron chi connectivity index (χ1n) is 5.34. The smallest absolute Gasteiger partial charge is 0.156 e. The first kappa shape index (κ1) is 14.4. The first-order valence-corrected chi connectivity index (χ1v) is 7.06. The van der Waals surface area contributed by atoms with Gasteiger partial charge >= 0.3 is 0 Å². The van der Waals surface area contributed by atoms with Crippen molar-refractivity contribution in [3.8, 4) is 0 Å². The fourth-order valence-corrected chi connectivity index (χ4v) is 3.07. The molecule has 0 amide bonds. The summed E-state index contributed by atoms with van der Waals surface area (Å²) in [7, 11) is -3.07.